The number of likely N-dealkylation sites (tertiary alicyclic amines) is 1. The Bertz CT molecular complexity index is 1190. The second kappa shape index (κ2) is 12.6. The Hall–Kier alpha value is -3.10. The Morgan fingerprint density at radius 3 is 2.76 bits per heavy atom. The summed E-state index contributed by atoms with van der Waals surface area (Å²) in [6.07, 6.45) is 13.4. The lowest BCUT2D eigenvalue weighted by Gasteiger charge is -2.27. The molecule has 9 nitrogen and oxygen atoms in total. The van der Waals surface area contributed by atoms with Gasteiger partial charge < -0.3 is 24.3 Å². The van der Waals surface area contributed by atoms with Crippen LogP contribution in [0.1, 0.15) is 77.7 Å². The van der Waals surface area contributed by atoms with Gasteiger partial charge in [-0.15, -0.1) is 0 Å². The molecule has 0 aromatic carbocycles. The Kier molecular flexibility index (Phi) is 9.28. The highest BCUT2D eigenvalue weighted by molar-refractivity contribution is 5.92. The summed E-state index contributed by atoms with van der Waals surface area (Å²) in [5.41, 5.74) is 1.71. The van der Waals surface area contributed by atoms with Crippen molar-refractivity contribution in [1.29, 1.82) is 0 Å². The summed E-state index contributed by atoms with van der Waals surface area (Å²) in [5, 5.41) is 2.62. The lowest BCUT2D eigenvalue weighted by Crippen LogP contribution is -2.48. The molecule has 1 unspecified atom stereocenters. The molecule has 1 saturated heterocycles. The van der Waals surface area contributed by atoms with Gasteiger partial charge in [0.2, 0.25) is 5.91 Å². The quantitative estimate of drug-likeness (QED) is 0.428. The van der Waals surface area contributed by atoms with Crippen molar-refractivity contribution < 1.29 is 19.1 Å². The first-order chi connectivity index (χ1) is 18.2. The number of carbonyl (C=O) groups is 3. The van der Waals surface area contributed by atoms with Gasteiger partial charge in [0.25, 0.3) is 0 Å². The molecular formula is C29H42N4O5. The van der Waals surface area contributed by atoms with Gasteiger partial charge in [0.15, 0.2) is 11.2 Å². The largest absolute Gasteiger partial charge is 0.446 e. The van der Waals surface area contributed by atoms with Crippen LogP contribution < -0.4 is 10.7 Å². The molecule has 9 heteroatoms. The predicted molar refractivity (Wildman–Crippen MR) is 145 cm³/mol. The maximum atomic E-state index is 12.8. The molecule has 2 aliphatic rings. The highest BCUT2D eigenvalue weighted by Gasteiger charge is 2.40. The summed E-state index contributed by atoms with van der Waals surface area (Å²) >= 11 is 0. The first-order valence-corrected chi connectivity index (χ1v) is 14.2. The number of aromatic amines is 1. The molecule has 1 aliphatic carbocycles. The van der Waals surface area contributed by atoms with Gasteiger partial charge in [-0.05, 0) is 56.8 Å². The van der Waals surface area contributed by atoms with Gasteiger partial charge in [0, 0.05) is 42.7 Å². The maximum Gasteiger partial charge on any atom is 0.407 e. The molecule has 208 valence electrons. The third-order valence-corrected chi connectivity index (χ3v) is 8.26. The summed E-state index contributed by atoms with van der Waals surface area (Å²) in [7, 11) is 0. The molecule has 2 amide bonds. The second-order valence-electron chi connectivity index (χ2n) is 11.4. The van der Waals surface area contributed by atoms with Gasteiger partial charge in [-0.25, -0.2) is 4.79 Å². The molecule has 0 spiro atoms. The summed E-state index contributed by atoms with van der Waals surface area (Å²) in [5.74, 6) is 0.164. The molecule has 4 atom stereocenters. The smallest absolute Gasteiger partial charge is 0.407 e. The number of hydrogen-bond acceptors (Lipinski definition) is 5. The number of fused-ring (bicyclic) bond motifs is 1. The zero-order valence-electron chi connectivity index (χ0n) is 22.9. The number of hydrogen-bond donors (Lipinski definition) is 2. The zero-order chi connectivity index (χ0) is 27.2. The fourth-order valence-electron chi connectivity index (χ4n) is 6.04. The molecule has 3 heterocycles. The monoisotopic (exact) mass is 526 g/mol. The van der Waals surface area contributed by atoms with E-state index in [-0.39, 0.29) is 41.6 Å². The Labute approximate surface area is 224 Å². The number of unbranched alkanes of at least 4 members (excludes halogenated alkanes) is 2. The Morgan fingerprint density at radius 2 is 1.97 bits per heavy atom. The van der Waals surface area contributed by atoms with Crippen molar-refractivity contribution in [3.05, 3.63) is 40.4 Å². The van der Waals surface area contributed by atoms with Gasteiger partial charge in [0.1, 0.15) is 18.3 Å². The van der Waals surface area contributed by atoms with Crippen LogP contribution in [0.5, 0.6) is 0 Å². The van der Waals surface area contributed by atoms with Crippen LogP contribution in [-0.2, 0) is 20.7 Å². The SMILES string of the molecule is CC(C)C(=O)[C@@H]1[C@H](C)CCN1C(=O)CNC(=O)OC1CCC[C@H]1CCCCCc1cn2cc[nH]c2cc1=O. The van der Waals surface area contributed by atoms with Crippen LogP contribution in [0, 0.1) is 17.8 Å². The number of aryl methyl sites for hydroxylation is 1. The van der Waals surface area contributed by atoms with Gasteiger partial charge in [0.05, 0.1) is 6.04 Å². The Balaban J connectivity index is 1.16. The van der Waals surface area contributed by atoms with Crippen molar-refractivity contribution in [1.82, 2.24) is 19.6 Å². The average Bonchev–Trinajstić information content (AvgIpc) is 3.62. The molecule has 4 rings (SSSR count). The summed E-state index contributed by atoms with van der Waals surface area (Å²) in [6.45, 7) is 6.10. The van der Waals surface area contributed by atoms with Crippen molar-refractivity contribution in [3.63, 3.8) is 0 Å². The van der Waals surface area contributed by atoms with Gasteiger partial charge in [-0.1, -0.05) is 33.6 Å². The van der Waals surface area contributed by atoms with Crippen molar-refractivity contribution in [2.24, 2.45) is 17.8 Å². The molecular weight excluding hydrogens is 484 g/mol. The number of ketones is 1. The highest BCUT2D eigenvalue weighted by Crippen LogP contribution is 2.32. The van der Waals surface area contributed by atoms with E-state index in [0.29, 0.717) is 12.5 Å². The molecule has 1 aliphatic heterocycles. The number of alkyl carbamates (subject to hydrolysis) is 1. The standard InChI is InChI=1S/C29H42N4O5/c1-19(2)28(36)27-20(3)12-14-33(27)26(35)17-31-29(37)38-24-11-7-10-21(24)8-5-4-6-9-22-18-32-15-13-30-25(32)16-23(22)34/h13,15-16,18-21,24,27,30H,4-12,14,17H2,1-3H3,(H,31,37)/t20-,21-,24?,27+/m1/s1. The Morgan fingerprint density at radius 1 is 1.16 bits per heavy atom. The average molecular weight is 527 g/mol. The molecule has 1 saturated carbocycles. The van der Waals surface area contributed by atoms with Gasteiger partial charge >= 0.3 is 6.09 Å². The van der Waals surface area contributed by atoms with E-state index in [2.05, 4.69) is 10.3 Å². The molecule has 0 bridgehead atoms. The van der Waals surface area contributed by atoms with E-state index in [1.165, 1.54) is 0 Å². The number of pyridine rings is 1. The number of nitrogens with one attached hydrogen (secondary N) is 2. The number of ether oxygens (including phenoxy) is 1. The van der Waals surface area contributed by atoms with Crippen molar-refractivity contribution >= 4 is 23.4 Å². The highest BCUT2D eigenvalue weighted by atomic mass is 16.6. The molecule has 2 aromatic heterocycles. The zero-order valence-corrected chi connectivity index (χ0v) is 22.9. The molecule has 2 N–H and O–H groups in total. The van der Waals surface area contributed by atoms with Gasteiger partial charge in [-0.2, -0.15) is 0 Å². The molecule has 0 radical (unpaired) electrons. The van der Waals surface area contributed by atoms with E-state index < -0.39 is 12.1 Å². The van der Waals surface area contributed by atoms with Crippen LogP contribution in [0.3, 0.4) is 0 Å². The van der Waals surface area contributed by atoms with E-state index in [1.807, 2.05) is 43.8 Å². The van der Waals surface area contributed by atoms with Crippen LogP contribution in [0.15, 0.2) is 29.5 Å². The number of nitrogens with zero attached hydrogens (tertiary/aromatic N) is 2. The minimum absolute atomic E-state index is 0.0717. The maximum absolute atomic E-state index is 12.8. The lowest BCUT2D eigenvalue weighted by atomic mass is 9.92. The van der Waals surface area contributed by atoms with Crippen LogP contribution in [0.4, 0.5) is 4.79 Å². The van der Waals surface area contributed by atoms with Crippen molar-refractivity contribution in [2.75, 3.05) is 13.1 Å². The molecule has 38 heavy (non-hydrogen) atoms. The lowest BCUT2D eigenvalue weighted by molar-refractivity contribution is -0.138. The van der Waals surface area contributed by atoms with E-state index in [1.54, 1.807) is 11.0 Å². The number of aromatic nitrogens is 2. The molecule has 2 aromatic rings. The number of H-pyrrole nitrogens is 1. The van der Waals surface area contributed by atoms with E-state index >= 15 is 0 Å². The summed E-state index contributed by atoms with van der Waals surface area (Å²) in [6, 6.07) is 1.24. The number of Topliss-reactive ketones (excluding diaryl/α,β-unsaturated/α-hetero) is 1. The van der Waals surface area contributed by atoms with Crippen molar-refractivity contribution in [3.8, 4) is 0 Å². The minimum Gasteiger partial charge on any atom is -0.446 e. The minimum atomic E-state index is -0.560. The van der Waals surface area contributed by atoms with E-state index in [0.717, 1.165) is 69.0 Å². The second-order valence-corrected chi connectivity index (χ2v) is 11.4. The van der Waals surface area contributed by atoms with E-state index in [9.17, 15) is 19.2 Å². The van der Waals surface area contributed by atoms with E-state index in [4.69, 9.17) is 4.74 Å². The normalized spacial score (nSPS) is 23.3. The number of amides is 2. The first-order valence-electron chi connectivity index (χ1n) is 14.2. The topological polar surface area (TPSA) is 113 Å². The van der Waals surface area contributed by atoms with Crippen LogP contribution in [0.25, 0.3) is 5.65 Å². The fourth-order valence-corrected chi connectivity index (χ4v) is 6.04. The van der Waals surface area contributed by atoms with Crippen molar-refractivity contribution in [2.45, 2.75) is 90.7 Å². The fraction of sp³-hybridized carbons (Fsp3) is 0.655. The number of rotatable bonds is 11. The third-order valence-electron chi connectivity index (χ3n) is 8.26. The summed E-state index contributed by atoms with van der Waals surface area (Å²) in [4.78, 5) is 54.8. The first kappa shape index (κ1) is 27.9. The molecule has 2 fully saturated rings. The number of imidazole rings is 1. The predicted octanol–water partition coefficient (Wildman–Crippen LogP) is 4.09. The van der Waals surface area contributed by atoms with Crippen LogP contribution in [-0.4, -0.2) is 57.3 Å². The third kappa shape index (κ3) is 6.66. The summed E-state index contributed by atoms with van der Waals surface area (Å²) < 4.78 is 7.65. The van der Waals surface area contributed by atoms with Crippen LogP contribution >= 0.6 is 0 Å². The van der Waals surface area contributed by atoms with Crippen LogP contribution in [0.2, 0.25) is 0 Å². The number of carbonyl (C=O) groups excluding carboxylic acids is 3. The van der Waals surface area contributed by atoms with Gasteiger partial charge in [-0.3, -0.25) is 14.4 Å².